The van der Waals surface area contributed by atoms with Crippen LogP contribution in [-0.2, 0) is 21.4 Å². The highest BCUT2D eigenvalue weighted by Crippen LogP contribution is 2.16. The van der Waals surface area contributed by atoms with Crippen molar-refractivity contribution in [3.05, 3.63) is 59.7 Å². The SMILES string of the molecule is COc1ccc(NC(=O)CCN(Cc2cccc(C)c2)S(C)(=O)=O)cc1. The van der Waals surface area contributed by atoms with E-state index < -0.39 is 10.0 Å². The first kappa shape index (κ1) is 19.9. The molecule has 0 heterocycles. The Bertz CT molecular complexity index is 848. The van der Waals surface area contributed by atoms with Crippen LogP contribution in [0.1, 0.15) is 17.5 Å². The molecular formula is C19H24N2O4S. The van der Waals surface area contributed by atoms with Crippen LogP contribution in [0.4, 0.5) is 5.69 Å². The molecule has 2 aromatic carbocycles. The largest absolute Gasteiger partial charge is 0.497 e. The zero-order chi connectivity index (χ0) is 19.2. The second kappa shape index (κ2) is 8.82. The minimum atomic E-state index is -3.42. The highest BCUT2D eigenvalue weighted by Gasteiger charge is 2.18. The molecule has 0 saturated heterocycles. The van der Waals surface area contributed by atoms with Crippen molar-refractivity contribution in [3.63, 3.8) is 0 Å². The summed E-state index contributed by atoms with van der Waals surface area (Å²) in [6.45, 7) is 2.32. The number of amides is 1. The molecule has 0 aliphatic rings. The minimum Gasteiger partial charge on any atom is -0.497 e. The number of anilines is 1. The van der Waals surface area contributed by atoms with Crippen LogP contribution in [0.25, 0.3) is 0 Å². The molecule has 0 bridgehead atoms. The molecule has 26 heavy (non-hydrogen) atoms. The Morgan fingerprint density at radius 1 is 1.15 bits per heavy atom. The summed E-state index contributed by atoms with van der Waals surface area (Å²) >= 11 is 0. The van der Waals surface area contributed by atoms with Gasteiger partial charge in [-0.05, 0) is 36.8 Å². The van der Waals surface area contributed by atoms with Gasteiger partial charge in [-0.1, -0.05) is 29.8 Å². The third-order valence-corrected chi connectivity index (χ3v) is 5.12. The van der Waals surface area contributed by atoms with Crippen molar-refractivity contribution in [1.29, 1.82) is 0 Å². The minimum absolute atomic E-state index is 0.0743. The van der Waals surface area contributed by atoms with E-state index in [0.29, 0.717) is 11.4 Å². The maximum Gasteiger partial charge on any atom is 0.225 e. The van der Waals surface area contributed by atoms with Crippen molar-refractivity contribution in [3.8, 4) is 5.75 Å². The van der Waals surface area contributed by atoms with Gasteiger partial charge in [-0.15, -0.1) is 0 Å². The molecule has 6 nitrogen and oxygen atoms in total. The highest BCUT2D eigenvalue weighted by molar-refractivity contribution is 7.88. The first-order valence-electron chi connectivity index (χ1n) is 8.22. The molecule has 0 radical (unpaired) electrons. The van der Waals surface area contributed by atoms with E-state index in [0.717, 1.165) is 17.4 Å². The van der Waals surface area contributed by atoms with Crippen LogP contribution in [0.3, 0.4) is 0 Å². The Balaban J connectivity index is 1.96. The summed E-state index contributed by atoms with van der Waals surface area (Å²) in [7, 11) is -1.85. The predicted molar refractivity (Wildman–Crippen MR) is 103 cm³/mol. The van der Waals surface area contributed by atoms with E-state index in [9.17, 15) is 13.2 Å². The lowest BCUT2D eigenvalue weighted by Crippen LogP contribution is -2.32. The van der Waals surface area contributed by atoms with Crippen LogP contribution in [0, 0.1) is 6.92 Å². The molecule has 0 aliphatic carbocycles. The molecule has 1 amide bonds. The smallest absolute Gasteiger partial charge is 0.225 e. The zero-order valence-corrected chi connectivity index (χ0v) is 16.0. The molecule has 2 aromatic rings. The quantitative estimate of drug-likeness (QED) is 0.769. The van der Waals surface area contributed by atoms with Crippen LogP contribution in [0.15, 0.2) is 48.5 Å². The summed E-state index contributed by atoms with van der Waals surface area (Å²) in [5.74, 6) is 0.456. The zero-order valence-electron chi connectivity index (χ0n) is 15.2. The van der Waals surface area contributed by atoms with Crippen molar-refractivity contribution in [2.75, 3.05) is 25.2 Å². The second-order valence-corrected chi connectivity index (χ2v) is 8.09. The number of sulfonamides is 1. The summed E-state index contributed by atoms with van der Waals surface area (Å²) < 4.78 is 30.5. The van der Waals surface area contributed by atoms with E-state index >= 15 is 0 Å². The number of hydrogen-bond donors (Lipinski definition) is 1. The standard InChI is InChI=1S/C19H24N2O4S/c1-15-5-4-6-16(13-15)14-21(26(3,23)24)12-11-19(22)20-17-7-9-18(25-2)10-8-17/h4-10,13H,11-12,14H2,1-3H3,(H,20,22). The highest BCUT2D eigenvalue weighted by atomic mass is 32.2. The molecule has 0 fully saturated rings. The van der Waals surface area contributed by atoms with Crippen LogP contribution >= 0.6 is 0 Å². The summed E-state index contributed by atoms with van der Waals surface area (Å²) in [5.41, 5.74) is 2.60. The number of methoxy groups -OCH3 is 1. The molecule has 7 heteroatoms. The van der Waals surface area contributed by atoms with Gasteiger partial charge in [0.25, 0.3) is 0 Å². The Morgan fingerprint density at radius 2 is 1.85 bits per heavy atom. The number of benzene rings is 2. The first-order valence-corrected chi connectivity index (χ1v) is 10.1. The Labute approximate surface area is 154 Å². The average Bonchev–Trinajstić information content (AvgIpc) is 2.58. The van der Waals surface area contributed by atoms with Crippen molar-refractivity contribution in [1.82, 2.24) is 4.31 Å². The van der Waals surface area contributed by atoms with Crippen molar-refractivity contribution >= 4 is 21.6 Å². The maximum absolute atomic E-state index is 12.1. The lowest BCUT2D eigenvalue weighted by molar-refractivity contribution is -0.116. The fourth-order valence-electron chi connectivity index (χ4n) is 2.50. The number of hydrogen-bond acceptors (Lipinski definition) is 4. The second-order valence-electron chi connectivity index (χ2n) is 6.11. The normalized spacial score (nSPS) is 11.4. The summed E-state index contributed by atoms with van der Waals surface area (Å²) in [4.78, 5) is 12.1. The molecule has 0 aromatic heterocycles. The Kier molecular flexibility index (Phi) is 6.76. The number of aryl methyl sites for hydroxylation is 1. The van der Waals surface area contributed by atoms with E-state index in [1.165, 1.54) is 4.31 Å². The van der Waals surface area contributed by atoms with Gasteiger partial charge in [0.15, 0.2) is 0 Å². The number of rotatable bonds is 8. The molecule has 0 aliphatic heterocycles. The molecule has 0 unspecified atom stereocenters. The van der Waals surface area contributed by atoms with Crippen LogP contribution < -0.4 is 10.1 Å². The van der Waals surface area contributed by atoms with Crippen molar-refractivity contribution in [2.24, 2.45) is 0 Å². The van der Waals surface area contributed by atoms with E-state index in [1.807, 2.05) is 31.2 Å². The fraction of sp³-hybridized carbons (Fsp3) is 0.316. The van der Waals surface area contributed by atoms with Crippen molar-refractivity contribution in [2.45, 2.75) is 19.9 Å². The van der Waals surface area contributed by atoms with E-state index in [2.05, 4.69) is 5.32 Å². The Morgan fingerprint density at radius 3 is 2.42 bits per heavy atom. The lowest BCUT2D eigenvalue weighted by atomic mass is 10.1. The van der Waals surface area contributed by atoms with Gasteiger partial charge in [0.1, 0.15) is 5.75 Å². The van der Waals surface area contributed by atoms with Gasteiger partial charge < -0.3 is 10.1 Å². The van der Waals surface area contributed by atoms with E-state index in [1.54, 1.807) is 31.4 Å². The van der Waals surface area contributed by atoms with Crippen LogP contribution in [-0.4, -0.2) is 38.5 Å². The molecule has 140 valence electrons. The van der Waals surface area contributed by atoms with Gasteiger partial charge in [0.2, 0.25) is 15.9 Å². The van der Waals surface area contributed by atoms with Gasteiger partial charge in [-0.2, -0.15) is 4.31 Å². The maximum atomic E-state index is 12.1. The topological polar surface area (TPSA) is 75.7 Å². The average molecular weight is 376 g/mol. The van der Waals surface area contributed by atoms with Crippen molar-refractivity contribution < 1.29 is 17.9 Å². The third kappa shape index (κ3) is 6.16. The van der Waals surface area contributed by atoms with Gasteiger partial charge in [-0.25, -0.2) is 8.42 Å². The molecule has 0 spiro atoms. The fourth-order valence-corrected chi connectivity index (χ4v) is 3.31. The van der Waals surface area contributed by atoms with Gasteiger partial charge >= 0.3 is 0 Å². The third-order valence-electron chi connectivity index (χ3n) is 3.87. The number of nitrogens with one attached hydrogen (secondary N) is 1. The van der Waals surface area contributed by atoms with Crippen LogP contribution in [0.2, 0.25) is 0 Å². The van der Waals surface area contributed by atoms with E-state index in [-0.39, 0.29) is 25.4 Å². The summed E-state index contributed by atoms with van der Waals surface area (Å²) in [6, 6.07) is 14.6. The van der Waals surface area contributed by atoms with Gasteiger partial charge in [0, 0.05) is 25.2 Å². The molecule has 0 saturated carbocycles. The molecule has 0 atom stereocenters. The lowest BCUT2D eigenvalue weighted by Gasteiger charge is -2.20. The Hall–Kier alpha value is -2.38. The molecule has 1 N–H and O–H groups in total. The number of carbonyl (C=O) groups excluding carboxylic acids is 1. The van der Waals surface area contributed by atoms with E-state index in [4.69, 9.17) is 4.74 Å². The molecule has 2 rings (SSSR count). The number of carbonyl (C=O) groups is 1. The van der Waals surface area contributed by atoms with Gasteiger partial charge in [-0.3, -0.25) is 4.79 Å². The summed E-state index contributed by atoms with van der Waals surface area (Å²) in [5, 5.41) is 2.76. The molecular weight excluding hydrogens is 352 g/mol. The predicted octanol–water partition coefficient (Wildman–Crippen LogP) is 2.79. The summed E-state index contributed by atoms with van der Waals surface area (Å²) in [6.07, 6.45) is 1.23. The first-order chi connectivity index (χ1) is 12.3. The number of nitrogens with zero attached hydrogens (tertiary/aromatic N) is 1. The monoisotopic (exact) mass is 376 g/mol. The van der Waals surface area contributed by atoms with Crippen LogP contribution in [0.5, 0.6) is 5.75 Å². The van der Waals surface area contributed by atoms with Gasteiger partial charge in [0.05, 0.1) is 13.4 Å². The number of ether oxygens (including phenoxy) is 1.